The number of primary sulfonamides is 1. The summed E-state index contributed by atoms with van der Waals surface area (Å²) in [6.45, 7) is 8.19. The highest BCUT2D eigenvalue weighted by Crippen LogP contribution is 2.31. The summed E-state index contributed by atoms with van der Waals surface area (Å²) < 4.78 is 23.7. The summed E-state index contributed by atoms with van der Waals surface area (Å²) in [5, 5.41) is 17.8. The molecule has 3 aromatic carbocycles. The molecule has 38 heavy (non-hydrogen) atoms. The number of benzene rings is 3. The molecule has 1 aliphatic heterocycles. The highest BCUT2D eigenvalue weighted by atomic mass is 35.5. The van der Waals surface area contributed by atoms with Crippen LogP contribution in [0.4, 0.5) is 5.95 Å². The van der Waals surface area contributed by atoms with E-state index >= 15 is 0 Å². The molecular formula is C28H33ClN6O2S. The number of nitrogens with one attached hydrogen (secondary N) is 1. The van der Waals surface area contributed by atoms with Crippen LogP contribution in [-0.4, -0.2) is 47.8 Å². The van der Waals surface area contributed by atoms with Crippen LogP contribution in [0.25, 0.3) is 22.2 Å². The lowest BCUT2D eigenvalue weighted by molar-refractivity contribution is 0.264. The van der Waals surface area contributed by atoms with Crippen LogP contribution < -0.4 is 10.5 Å². The van der Waals surface area contributed by atoms with Gasteiger partial charge in [-0.25, -0.2) is 18.5 Å². The van der Waals surface area contributed by atoms with E-state index in [1.165, 1.54) is 22.8 Å². The fourth-order valence-electron chi connectivity index (χ4n) is 5.23. The minimum Gasteiger partial charge on any atom is -0.337 e. The first-order valence-electron chi connectivity index (χ1n) is 12.5. The zero-order valence-electron chi connectivity index (χ0n) is 21.8. The van der Waals surface area contributed by atoms with E-state index in [9.17, 15) is 8.42 Å². The molecule has 0 aliphatic carbocycles. The fraction of sp³-hybridized carbons (Fsp3) is 0.321. The van der Waals surface area contributed by atoms with Gasteiger partial charge in [0.05, 0.1) is 16.6 Å². The summed E-state index contributed by atoms with van der Waals surface area (Å²) in [4.78, 5) is 7.29. The van der Waals surface area contributed by atoms with Crippen LogP contribution in [0.1, 0.15) is 35.1 Å². The van der Waals surface area contributed by atoms with Gasteiger partial charge in [0.2, 0.25) is 16.0 Å². The summed E-state index contributed by atoms with van der Waals surface area (Å²) >= 11 is 0. The van der Waals surface area contributed by atoms with E-state index in [0.29, 0.717) is 12.4 Å². The van der Waals surface area contributed by atoms with Crippen molar-refractivity contribution < 1.29 is 8.42 Å². The van der Waals surface area contributed by atoms with E-state index in [1.807, 2.05) is 6.07 Å². The molecule has 1 aliphatic rings. The Morgan fingerprint density at radius 1 is 0.947 bits per heavy atom. The molecule has 1 saturated heterocycles. The van der Waals surface area contributed by atoms with E-state index in [1.54, 1.807) is 12.1 Å². The Morgan fingerprint density at radius 2 is 1.63 bits per heavy atom. The predicted octanol–water partition coefficient (Wildman–Crippen LogP) is 4.76. The number of sulfonamides is 1. The average molecular weight is 553 g/mol. The molecule has 4 aromatic rings. The number of anilines is 1. The normalized spacial score (nSPS) is 14.8. The standard InChI is InChI=1S/C28H32N6O2S.ClH/c1-18-8-6-9-19(2)26(18)22-14-20(3)27-24(17-22)32-33-28(31-27)30-25(34-12-4-5-13-34)16-21-10-7-11-23(15-21)37(29,35)36;/h6-11,14-15,17,25H,4-5,12-13,16H2,1-3H3,(H2,29,35,36)(H,30,31,33);1H. The monoisotopic (exact) mass is 552 g/mol. The van der Waals surface area contributed by atoms with Gasteiger partial charge in [0.15, 0.2) is 0 Å². The molecule has 1 aromatic heterocycles. The molecule has 1 unspecified atom stereocenters. The number of hydrogen-bond donors (Lipinski definition) is 2. The molecule has 1 fully saturated rings. The van der Waals surface area contributed by atoms with Gasteiger partial charge in [-0.15, -0.1) is 22.6 Å². The number of nitrogens with two attached hydrogens (primary N) is 1. The van der Waals surface area contributed by atoms with E-state index in [2.05, 4.69) is 71.5 Å². The van der Waals surface area contributed by atoms with Crippen LogP contribution in [0.2, 0.25) is 0 Å². The molecule has 2 heterocycles. The van der Waals surface area contributed by atoms with Crippen LogP contribution in [0.5, 0.6) is 0 Å². The highest BCUT2D eigenvalue weighted by molar-refractivity contribution is 7.89. The van der Waals surface area contributed by atoms with E-state index in [0.717, 1.165) is 53.7 Å². The van der Waals surface area contributed by atoms with Crippen LogP contribution in [0.3, 0.4) is 0 Å². The third-order valence-electron chi connectivity index (χ3n) is 7.05. The van der Waals surface area contributed by atoms with Crippen LogP contribution in [-0.2, 0) is 16.4 Å². The van der Waals surface area contributed by atoms with Gasteiger partial charge >= 0.3 is 0 Å². The number of rotatable bonds is 7. The lowest BCUT2D eigenvalue weighted by Gasteiger charge is -2.28. The minimum absolute atomic E-state index is 0. The summed E-state index contributed by atoms with van der Waals surface area (Å²) in [6.07, 6.45) is 2.71. The Labute approximate surface area is 230 Å². The van der Waals surface area contributed by atoms with E-state index in [-0.39, 0.29) is 23.5 Å². The maximum absolute atomic E-state index is 11.8. The molecule has 10 heteroatoms. The van der Waals surface area contributed by atoms with Gasteiger partial charge in [0.1, 0.15) is 5.52 Å². The number of likely N-dealkylation sites (tertiary alicyclic amines) is 1. The van der Waals surface area contributed by atoms with Crippen LogP contribution in [0, 0.1) is 20.8 Å². The Hall–Kier alpha value is -3.11. The second kappa shape index (κ2) is 11.3. The molecule has 200 valence electrons. The van der Waals surface area contributed by atoms with E-state index < -0.39 is 10.0 Å². The van der Waals surface area contributed by atoms with Crippen molar-refractivity contribution in [3.8, 4) is 11.1 Å². The molecule has 5 rings (SSSR count). The number of fused-ring (bicyclic) bond motifs is 1. The number of hydrogen-bond acceptors (Lipinski definition) is 7. The van der Waals surface area contributed by atoms with Gasteiger partial charge in [0.25, 0.3) is 0 Å². The van der Waals surface area contributed by atoms with Crippen molar-refractivity contribution in [3.63, 3.8) is 0 Å². The largest absolute Gasteiger partial charge is 0.337 e. The third-order valence-corrected chi connectivity index (χ3v) is 7.96. The van der Waals surface area contributed by atoms with Gasteiger partial charge < -0.3 is 5.32 Å². The van der Waals surface area contributed by atoms with Crippen molar-refractivity contribution in [1.82, 2.24) is 20.1 Å². The molecular weight excluding hydrogens is 520 g/mol. The molecule has 0 radical (unpaired) electrons. The zero-order chi connectivity index (χ0) is 26.2. The number of halogens is 1. The summed E-state index contributed by atoms with van der Waals surface area (Å²) in [5.74, 6) is 0.454. The Morgan fingerprint density at radius 3 is 2.32 bits per heavy atom. The molecule has 1 atom stereocenters. The SMILES string of the molecule is Cc1cccc(C)c1-c1cc(C)c2nc(NC(Cc3cccc(S(N)(=O)=O)c3)N3CCCC3)nnc2c1.Cl. The molecule has 3 N–H and O–H groups in total. The quantitative estimate of drug-likeness (QED) is 0.339. The third kappa shape index (κ3) is 5.96. The maximum Gasteiger partial charge on any atom is 0.244 e. The predicted molar refractivity (Wildman–Crippen MR) is 154 cm³/mol. The first-order valence-corrected chi connectivity index (χ1v) is 14.1. The van der Waals surface area contributed by atoms with Crippen molar-refractivity contribution in [2.24, 2.45) is 5.14 Å². The Kier molecular flexibility index (Phi) is 8.32. The number of aromatic nitrogens is 3. The minimum atomic E-state index is -3.77. The summed E-state index contributed by atoms with van der Waals surface area (Å²) in [6, 6.07) is 17.3. The Bertz CT molecular complexity index is 1550. The second-order valence-electron chi connectivity index (χ2n) is 9.86. The lowest BCUT2D eigenvalue weighted by atomic mass is 9.94. The van der Waals surface area contributed by atoms with Crippen LogP contribution >= 0.6 is 12.4 Å². The Balaban J connectivity index is 0.00000336. The molecule has 8 nitrogen and oxygen atoms in total. The fourth-order valence-corrected chi connectivity index (χ4v) is 5.82. The summed E-state index contributed by atoms with van der Waals surface area (Å²) in [5.41, 5.74) is 8.24. The van der Waals surface area contributed by atoms with Gasteiger partial charge in [-0.1, -0.05) is 30.3 Å². The smallest absolute Gasteiger partial charge is 0.244 e. The van der Waals surface area contributed by atoms with Crippen molar-refractivity contribution >= 4 is 39.4 Å². The van der Waals surface area contributed by atoms with Gasteiger partial charge in [-0.3, -0.25) is 4.90 Å². The van der Waals surface area contributed by atoms with E-state index in [4.69, 9.17) is 10.1 Å². The van der Waals surface area contributed by atoms with Crippen molar-refractivity contribution in [3.05, 3.63) is 76.9 Å². The molecule has 0 amide bonds. The lowest BCUT2D eigenvalue weighted by Crippen LogP contribution is -2.41. The van der Waals surface area contributed by atoms with Crippen molar-refractivity contribution in [2.75, 3.05) is 18.4 Å². The number of nitrogens with zero attached hydrogens (tertiary/aromatic N) is 4. The van der Waals surface area contributed by atoms with Crippen molar-refractivity contribution in [2.45, 2.75) is 51.1 Å². The maximum atomic E-state index is 11.8. The average Bonchev–Trinajstić information content (AvgIpc) is 3.39. The first-order chi connectivity index (χ1) is 17.7. The number of aryl methyl sites for hydroxylation is 3. The molecule has 0 bridgehead atoms. The van der Waals surface area contributed by atoms with Gasteiger partial charge in [-0.05, 0) is 91.3 Å². The second-order valence-corrected chi connectivity index (χ2v) is 11.4. The summed E-state index contributed by atoms with van der Waals surface area (Å²) in [7, 11) is -3.77. The zero-order valence-corrected chi connectivity index (χ0v) is 23.4. The highest BCUT2D eigenvalue weighted by Gasteiger charge is 2.24. The van der Waals surface area contributed by atoms with Crippen LogP contribution in [0.15, 0.2) is 59.5 Å². The van der Waals surface area contributed by atoms with Gasteiger partial charge in [-0.2, -0.15) is 0 Å². The van der Waals surface area contributed by atoms with Crippen molar-refractivity contribution in [1.29, 1.82) is 0 Å². The molecule has 0 saturated carbocycles. The molecule has 0 spiro atoms. The van der Waals surface area contributed by atoms with Gasteiger partial charge in [0, 0.05) is 19.5 Å². The first kappa shape index (κ1) is 27.9. The topological polar surface area (TPSA) is 114 Å².